The zero-order valence-corrected chi connectivity index (χ0v) is 11.9. The van der Waals surface area contributed by atoms with Crippen molar-refractivity contribution < 1.29 is 5.21 Å². The fourth-order valence-corrected chi connectivity index (χ4v) is 2.91. The third-order valence-corrected chi connectivity index (χ3v) is 3.88. The predicted molar refractivity (Wildman–Crippen MR) is 75.7 cm³/mol. The zero-order valence-electron chi connectivity index (χ0n) is 11.9. The fourth-order valence-electron chi connectivity index (χ4n) is 2.91. The number of nitrogens with zero attached hydrogens (tertiary/aromatic N) is 4. The number of hydrogen-bond acceptors (Lipinski definition) is 4. The van der Waals surface area contributed by atoms with E-state index in [-0.39, 0.29) is 5.84 Å². The van der Waals surface area contributed by atoms with Gasteiger partial charge in [-0.2, -0.15) is 5.10 Å². The molecule has 106 valence electrons. The lowest BCUT2D eigenvalue weighted by Crippen LogP contribution is -2.35. The van der Waals surface area contributed by atoms with Crippen LogP contribution < -0.4 is 10.6 Å². The first kappa shape index (κ1) is 13.7. The minimum absolute atomic E-state index is 0.136. The van der Waals surface area contributed by atoms with Crippen molar-refractivity contribution in [1.29, 1.82) is 0 Å². The minimum Gasteiger partial charge on any atom is -0.409 e. The summed E-state index contributed by atoms with van der Waals surface area (Å²) in [5.41, 5.74) is 7.36. The number of anilines is 1. The summed E-state index contributed by atoms with van der Waals surface area (Å²) in [5.74, 6) is 1.10. The Morgan fingerprint density at radius 3 is 2.84 bits per heavy atom. The highest BCUT2D eigenvalue weighted by Gasteiger charge is 2.26. The van der Waals surface area contributed by atoms with Gasteiger partial charge in [-0.05, 0) is 26.7 Å². The van der Waals surface area contributed by atoms with Crippen molar-refractivity contribution in [2.75, 3.05) is 11.4 Å². The van der Waals surface area contributed by atoms with E-state index in [0.29, 0.717) is 6.04 Å². The van der Waals surface area contributed by atoms with Gasteiger partial charge in [0, 0.05) is 19.6 Å². The molecule has 0 aromatic carbocycles. The molecule has 0 aliphatic carbocycles. The second kappa shape index (κ2) is 5.50. The highest BCUT2D eigenvalue weighted by Crippen LogP contribution is 2.28. The molecule has 1 aliphatic rings. The van der Waals surface area contributed by atoms with Crippen LogP contribution in [0.25, 0.3) is 0 Å². The molecule has 0 bridgehead atoms. The van der Waals surface area contributed by atoms with E-state index < -0.39 is 0 Å². The molecule has 1 atom stereocenters. The summed E-state index contributed by atoms with van der Waals surface area (Å²) in [7, 11) is 1.91. The number of aryl methyl sites for hydroxylation is 2. The van der Waals surface area contributed by atoms with Crippen LogP contribution in [0, 0.1) is 6.92 Å². The molecule has 6 nitrogen and oxygen atoms in total. The molecule has 1 saturated heterocycles. The SMILES string of the molecule is Cc1nn(C)c(N2CCCCCC2C)c1C(N)=NO. The summed E-state index contributed by atoms with van der Waals surface area (Å²) < 4.78 is 1.84. The standard InChI is InChI=1S/C13H23N5O/c1-9-7-5-4-6-8-18(9)13-11(12(14)16-19)10(2)15-17(13)3/h9,19H,4-8H2,1-3H3,(H2,14,16). The van der Waals surface area contributed by atoms with Gasteiger partial charge >= 0.3 is 0 Å². The van der Waals surface area contributed by atoms with E-state index in [9.17, 15) is 0 Å². The van der Waals surface area contributed by atoms with E-state index in [1.165, 1.54) is 25.7 Å². The topological polar surface area (TPSA) is 79.7 Å². The van der Waals surface area contributed by atoms with Crippen LogP contribution in [-0.2, 0) is 7.05 Å². The van der Waals surface area contributed by atoms with Crippen molar-refractivity contribution in [1.82, 2.24) is 9.78 Å². The molecular weight excluding hydrogens is 242 g/mol. The Morgan fingerprint density at radius 2 is 2.16 bits per heavy atom. The fraction of sp³-hybridized carbons (Fsp3) is 0.692. The maximum atomic E-state index is 8.97. The normalized spacial score (nSPS) is 21.5. The summed E-state index contributed by atoms with van der Waals surface area (Å²) in [5, 5.41) is 16.5. The zero-order chi connectivity index (χ0) is 14.0. The lowest BCUT2D eigenvalue weighted by molar-refractivity contribution is 0.318. The minimum atomic E-state index is 0.136. The van der Waals surface area contributed by atoms with E-state index in [0.717, 1.165) is 23.6 Å². The predicted octanol–water partition coefficient (Wildman–Crippen LogP) is 1.59. The van der Waals surface area contributed by atoms with Crippen molar-refractivity contribution in [3.05, 3.63) is 11.3 Å². The molecule has 1 unspecified atom stereocenters. The Morgan fingerprint density at radius 1 is 1.42 bits per heavy atom. The second-order valence-corrected chi connectivity index (χ2v) is 5.28. The summed E-state index contributed by atoms with van der Waals surface area (Å²) in [4.78, 5) is 2.33. The van der Waals surface area contributed by atoms with Crippen LogP contribution in [0.5, 0.6) is 0 Å². The maximum absolute atomic E-state index is 8.97. The van der Waals surface area contributed by atoms with Crippen molar-refractivity contribution in [2.45, 2.75) is 45.6 Å². The number of aromatic nitrogens is 2. The van der Waals surface area contributed by atoms with E-state index in [2.05, 4.69) is 22.1 Å². The van der Waals surface area contributed by atoms with E-state index in [4.69, 9.17) is 10.9 Å². The first-order valence-corrected chi connectivity index (χ1v) is 6.84. The molecule has 1 fully saturated rings. The number of hydrogen-bond donors (Lipinski definition) is 2. The third kappa shape index (κ3) is 2.52. The van der Waals surface area contributed by atoms with E-state index in [1.54, 1.807) is 0 Å². The van der Waals surface area contributed by atoms with Gasteiger partial charge in [-0.15, -0.1) is 0 Å². The Hall–Kier alpha value is -1.72. The van der Waals surface area contributed by atoms with Crippen molar-refractivity contribution in [2.24, 2.45) is 17.9 Å². The number of rotatable bonds is 2. The molecule has 0 spiro atoms. The molecule has 1 aromatic heterocycles. The van der Waals surface area contributed by atoms with Gasteiger partial charge in [-0.3, -0.25) is 4.68 Å². The quantitative estimate of drug-likeness (QED) is 0.368. The van der Waals surface area contributed by atoms with Gasteiger partial charge in [-0.25, -0.2) is 0 Å². The summed E-state index contributed by atoms with van der Waals surface area (Å²) in [6, 6.07) is 0.447. The van der Waals surface area contributed by atoms with Gasteiger partial charge in [0.1, 0.15) is 5.82 Å². The van der Waals surface area contributed by atoms with Crippen LogP contribution in [0.2, 0.25) is 0 Å². The third-order valence-electron chi connectivity index (χ3n) is 3.88. The molecule has 1 aromatic rings. The van der Waals surface area contributed by atoms with Crippen LogP contribution in [0.1, 0.15) is 43.9 Å². The maximum Gasteiger partial charge on any atom is 0.175 e. The molecule has 0 saturated carbocycles. The first-order valence-electron chi connectivity index (χ1n) is 6.84. The molecular formula is C13H23N5O. The molecule has 1 aliphatic heterocycles. The highest BCUT2D eigenvalue weighted by atomic mass is 16.4. The van der Waals surface area contributed by atoms with E-state index >= 15 is 0 Å². The van der Waals surface area contributed by atoms with Gasteiger partial charge < -0.3 is 15.8 Å². The van der Waals surface area contributed by atoms with Gasteiger partial charge in [0.05, 0.1) is 11.3 Å². The van der Waals surface area contributed by atoms with Gasteiger partial charge in [0.25, 0.3) is 0 Å². The largest absolute Gasteiger partial charge is 0.409 e. The lowest BCUT2D eigenvalue weighted by Gasteiger charge is -2.30. The molecule has 3 N–H and O–H groups in total. The molecule has 0 radical (unpaired) electrons. The number of oxime groups is 1. The van der Waals surface area contributed by atoms with Crippen molar-refractivity contribution in [3.63, 3.8) is 0 Å². The molecule has 2 heterocycles. The average molecular weight is 265 g/mol. The van der Waals surface area contributed by atoms with Crippen LogP contribution >= 0.6 is 0 Å². The van der Waals surface area contributed by atoms with Gasteiger partial charge in [0.15, 0.2) is 5.84 Å². The van der Waals surface area contributed by atoms with Crippen molar-refractivity contribution in [3.8, 4) is 0 Å². The first-order chi connectivity index (χ1) is 9.06. The van der Waals surface area contributed by atoms with Crippen LogP contribution in [0.15, 0.2) is 5.16 Å². The van der Waals surface area contributed by atoms with E-state index in [1.807, 2.05) is 18.7 Å². The van der Waals surface area contributed by atoms with Crippen LogP contribution in [0.4, 0.5) is 5.82 Å². The Balaban J connectivity index is 2.48. The smallest absolute Gasteiger partial charge is 0.175 e. The lowest BCUT2D eigenvalue weighted by atomic mass is 10.1. The average Bonchev–Trinajstić information content (AvgIpc) is 2.54. The van der Waals surface area contributed by atoms with Gasteiger partial charge in [-0.1, -0.05) is 18.0 Å². The summed E-state index contributed by atoms with van der Waals surface area (Å²) >= 11 is 0. The Bertz CT molecular complexity index is 480. The molecule has 2 rings (SSSR count). The summed E-state index contributed by atoms with van der Waals surface area (Å²) in [6.07, 6.45) is 4.86. The highest BCUT2D eigenvalue weighted by molar-refractivity contribution is 6.02. The molecule has 0 amide bonds. The Kier molecular flexibility index (Phi) is 3.97. The number of amidine groups is 1. The molecule has 19 heavy (non-hydrogen) atoms. The Labute approximate surface area is 113 Å². The molecule has 6 heteroatoms. The number of nitrogens with two attached hydrogens (primary N) is 1. The van der Waals surface area contributed by atoms with Crippen LogP contribution in [-0.4, -0.2) is 33.4 Å². The summed E-state index contributed by atoms with van der Waals surface area (Å²) in [6.45, 7) is 5.11. The van der Waals surface area contributed by atoms with Crippen molar-refractivity contribution >= 4 is 11.7 Å². The van der Waals surface area contributed by atoms with Gasteiger partial charge in [0.2, 0.25) is 0 Å². The monoisotopic (exact) mass is 265 g/mol. The second-order valence-electron chi connectivity index (χ2n) is 5.28. The van der Waals surface area contributed by atoms with Crippen LogP contribution in [0.3, 0.4) is 0 Å².